The van der Waals surface area contributed by atoms with Crippen molar-refractivity contribution in [2.45, 2.75) is 32.2 Å². The lowest BCUT2D eigenvalue weighted by atomic mass is 9.84. The first-order chi connectivity index (χ1) is 7.09. The van der Waals surface area contributed by atoms with Gasteiger partial charge in [-0.05, 0) is 12.3 Å². The minimum atomic E-state index is -0.193. The van der Waals surface area contributed by atoms with E-state index < -0.39 is 0 Å². The summed E-state index contributed by atoms with van der Waals surface area (Å²) < 4.78 is 0. The molecule has 0 aromatic heterocycles. The monoisotopic (exact) mass is 227 g/mol. The molecule has 82 valence electrons. The number of rotatable bonds is 1. The predicted octanol–water partition coefficient (Wildman–Crippen LogP) is 1.44. The lowest BCUT2D eigenvalue weighted by Gasteiger charge is -2.33. The van der Waals surface area contributed by atoms with Gasteiger partial charge in [0.15, 0.2) is 0 Å². The minimum Gasteiger partial charge on any atom is -0.300 e. The fourth-order valence-electron chi connectivity index (χ4n) is 2.15. The van der Waals surface area contributed by atoms with Gasteiger partial charge in [-0.25, -0.2) is 0 Å². The summed E-state index contributed by atoms with van der Waals surface area (Å²) in [7, 11) is 0. The first-order valence-corrected chi connectivity index (χ1v) is 6.08. The highest BCUT2D eigenvalue weighted by atomic mass is 32.2. The Morgan fingerprint density at radius 3 is 2.67 bits per heavy atom. The second-order valence-corrected chi connectivity index (χ2v) is 5.07. The van der Waals surface area contributed by atoms with Crippen LogP contribution in [0, 0.1) is 5.92 Å². The topological polar surface area (TPSA) is 54.5 Å². The van der Waals surface area contributed by atoms with Crippen LogP contribution in [-0.4, -0.2) is 33.6 Å². The van der Waals surface area contributed by atoms with Crippen molar-refractivity contribution in [1.29, 1.82) is 0 Å². The van der Waals surface area contributed by atoms with Gasteiger partial charge in [-0.2, -0.15) is 0 Å². The molecule has 2 atom stereocenters. The molecule has 5 heteroatoms. The quantitative estimate of drug-likeness (QED) is 0.680. The minimum absolute atomic E-state index is 0.142. The maximum Gasteiger partial charge on any atom is 0.289 e. The lowest BCUT2D eigenvalue weighted by Crippen LogP contribution is -2.46. The highest BCUT2D eigenvalue weighted by Crippen LogP contribution is 2.31. The zero-order valence-corrected chi connectivity index (χ0v) is 9.38. The number of Topliss-reactive ketones (excluding diaryl/α,β-unsaturated/α-hetero) is 1. The smallest absolute Gasteiger partial charge is 0.289 e. The van der Waals surface area contributed by atoms with Crippen LogP contribution < -0.4 is 0 Å². The molecule has 0 N–H and O–H groups in total. The third-order valence-electron chi connectivity index (χ3n) is 3.09. The number of hydrogen-bond acceptors (Lipinski definition) is 4. The van der Waals surface area contributed by atoms with Crippen molar-refractivity contribution in [3.8, 4) is 0 Å². The summed E-state index contributed by atoms with van der Waals surface area (Å²) in [5.41, 5.74) is 0. The van der Waals surface area contributed by atoms with Crippen LogP contribution >= 0.6 is 11.8 Å². The molecule has 2 rings (SSSR count). The summed E-state index contributed by atoms with van der Waals surface area (Å²) in [6.45, 7) is 2.00. The first-order valence-electron chi connectivity index (χ1n) is 5.10. The van der Waals surface area contributed by atoms with Crippen molar-refractivity contribution in [2.24, 2.45) is 5.92 Å². The fraction of sp³-hybridized carbons (Fsp3) is 0.700. The summed E-state index contributed by atoms with van der Waals surface area (Å²) in [6.07, 6.45) is 1.71. The van der Waals surface area contributed by atoms with Crippen LogP contribution in [0.4, 0.5) is 4.79 Å². The van der Waals surface area contributed by atoms with E-state index in [1.165, 1.54) is 4.90 Å². The zero-order chi connectivity index (χ0) is 11.0. The molecule has 2 aliphatic rings. The van der Waals surface area contributed by atoms with Crippen LogP contribution in [0.25, 0.3) is 0 Å². The second kappa shape index (κ2) is 3.96. The molecule has 1 heterocycles. The van der Waals surface area contributed by atoms with E-state index >= 15 is 0 Å². The van der Waals surface area contributed by atoms with E-state index in [0.29, 0.717) is 12.8 Å². The number of imide groups is 1. The summed E-state index contributed by atoms with van der Waals surface area (Å²) in [5, 5.41) is -0.188. The molecule has 0 aromatic rings. The van der Waals surface area contributed by atoms with Crippen LogP contribution in [0.2, 0.25) is 0 Å². The van der Waals surface area contributed by atoms with Gasteiger partial charge < -0.3 is 0 Å². The second-order valence-electron chi connectivity index (χ2n) is 4.14. The molecular formula is C10H13NO3S. The maximum atomic E-state index is 11.5. The summed E-state index contributed by atoms with van der Waals surface area (Å²) in [6, 6.07) is -0.193. The Labute approximate surface area is 92.4 Å². The molecule has 0 bridgehead atoms. The van der Waals surface area contributed by atoms with Crippen molar-refractivity contribution in [2.75, 3.05) is 5.75 Å². The van der Waals surface area contributed by atoms with Crippen LogP contribution in [0.5, 0.6) is 0 Å². The van der Waals surface area contributed by atoms with Gasteiger partial charge in [0.2, 0.25) is 5.91 Å². The maximum absolute atomic E-state index is 11.5. The number of carbonyl (C=O) groups excluding carboxylic acids is 3. The molecule has 2 amide bonds. The Bertz CT molecular complexity index is 313. The van der Waals surface area contributed by atoms with Crippen molar-refractivity contribution >= 4 is 28.7 Å². The van der Waals surface area contributed by atoms with Crippen molar-refractivity contribution in [1.82, 2.24) is 4.90 Å². The molecule has 15 heavy (non-hydrogen) atoms. The van der Waals surface area contributed by atoms with Gasteiger partial charge in [0.1, 0.15) is 5.78 Å². The SMILES string of the molecule is CC1CCC(=O)CC1N1C(=O)CSC1=O. The molecule has 0 spiro atoms. The van der Waals surface area contributed by atoms with Crippen LogP contribution in [0.1, 0.15) is 26.2 Å². The lowest BCUT2D eigenvalue weighted by molar-refractivity contribution is -0.130. The van der Waals surface area contributed by atoms with Crippen LogP contribution in [0.15, 0.2) is 0 Å². The molecule has 4 nitrogen and oxygen atoms in total. The van der Waals surface area contributed by atoms with Gasteiger partial charge in [0.25, 0.3) is 5.24 Å². The van der Waals surface area contributed by atoms with E-state index in [9.17, 15) is 14.4 Å². The van der Waals surface area contributed by atoms with Gasteiger partial charge in [0, 0.05) is 18.9 Å². The number of amides is 2. The Balaban J connectivity index is 2.17. The van der Waals surface area contributed by atoms with Gasteiger partial charge in [0.05, 0.1) is 5.75 Å². The number of thioether (sulfide) groups is 1. The highest BCUT2D eigenvalue weighted by Gasteiger charge is 2.40. The van der Waals surface area contributed by atoms with Gasteiger partial charge in [-0.1, -0.05) is 18.7 Å². The van der Waals surface area contributed by atoms with E-state index in [0.717, 1.165) is 18.2 Å². The predicted molar refractivity (Wildman–Crippen MR) is 56.5 cm³/mol. The summed E-state index contributed by atoms with van der Waals surface area (Å²) >= 11 is 1.04. The van der Waals surface area contributed by atoms with E-state index in [-0.39, 0.29) is 34.6 Å². The largest absolute Gasteiger partial charge is 0.300 e. The molecule has 1 aliphatic carbocycles. The third-order valence-corrected chi connectivity index (χ3v) is 3.92. The van der Waals surface area contributed by atoms with Crippen molar-refractivity contribution in [3.63, 3.8) is 0 Å². The number of carbonyl (C=O) groups is 3. The van der Waals surface area contributed by atoms with E-state index in [1.54, 1.807) is 0 Å². The average Bonchev–Trinajstić information content (AvgIpc) is 2.51. The highest BCUT2D eigenvalue weighted by molar-refractivity contribution is 8.14. The van der Waals surface area contributed by atoms with Gasteiger partial charge in [-0.15, -0.1) is 0 Å². The molecule has 1 aliphatic heterocycles. The molecule has 0 radical (unpaired) electrons. The summed E-state index contributed by atoms with van der Waals surface area (Å²) in [5.74, 6) is 0.498. The molecule has 1 saturated carbocycles. The molecular weight excluding hydrogens is 214 g/mol. The fourth-order valence-corrected chi connectivity index (χ4v) is 2.91. The van der Waals surface area contributed by atoms with Crippen molar-refractivity contribution in [3.05, 3.63) is 0 Å². The Hall–Kier alpha value is -0.840. The molecule has 2 unspecified atom stereocenters. The first kappa shape index (κ1) is 10.7. The van der Waals surface area contributed by atoms with E-state index in [4.69, 9.17) is 0 Å². The number of nitrogens with zero attached hydrogens (tertiary/aromatic N) is 1. The Morgan fingerprint density at radius 2 is 2.07 bits per heavy atom. The third kappa shape index (κ3) is 1.93. The van der Waals surface area contributed by atoms with Gasteiger partial charge in [-0.3, -0.25) is 19.3 Å². The molecule has 2 fully saturated rings. The standard InChI is InChI=1S/C10H13NO3S/c1-6-2-3-7(12)4-8(6)11-9(13)5-15-10(11)14/h6,8H,2-5H2,1H3. The summed E-state index contributed by atoms with van der Waals surface area (Å²) in [4.78, 5) is 35.6. The Morgan fingerprint density at radius 1 is 1.33 bits per heavy atom. The van der Waals surface area contributed by atoms with E-state index in [2.05, 4.69) is 0 Å². The Kier molecular flexibility index (Phi) is 2.82. The zero-order valence-electron chi connectivity index (χ0n) is 8.56. The molecule has 1 saturated heterocycles. The van der Waals surface area contributed by atoms with Crippen LogP contribution in [0.3, 0.4) is 0 Å². The van der Waals surface area contributed by atoms with Crippen LogP contribution in [-0.2, 0) is 9.59 Å². The average molecular weight is 227 g/mol. The van der Waals surface area contributed by atoms with E-state index in [1.807, 2.05) is 6.92 Å². The van der Waals surface area contributed by atoms with Crippen molar-refractivity contribution < 1.29 is 14.4 Å². The molecule has 0 aromatic carbocycles. The number of hydrogen-bond donors (Lipinski definition) is 0. The van der Waals surface area contributed by atoms with Gasteiger partial charge >= 0.3 is 0 Å². The normalized spacial score (nSPS) is 32.6. The number of ketones is 1.